The zero-order valence-corrected chi connectivity index (χ0v) is 19.5. The van der Waals surface area contributed by atoms with Gasteiger partial charge >= 0.3 is 0 Å². The van der Waals surface area contributed by atoms with Crippen LogP contribution in [0.1, 0.15) is 37.5 Å². The lowest BCUT2D eigenvalue weighted by atomic mass is 9.88. The molecule has 0 aromatic heterocycles. The van der Waals surface area contributed by atoms with Gasteiger partial charge in [-0.15, -0.1) is 0 Å². The summed E-state index contributed by atoms with van der Waals surface area (Å²) < 4.78 is 18.8. The van der Waals surface area contributed by atoms with E-state index >= 15 is 0 Å². The lowest BCUT2D eigenvalue weighted by molar-refractivity contribution is -0.123. The number of benzene rings is 2. The SMILES string of the molecule is COc1cc2c(cc1/C=C1/SC(=O)N(Cc3ccc(F)cc3)C1=O)C(C)=CC(C)(C)N2C. The molecule has 0 unspecified atom stereocenters. The van der Waals surface area contributed by atoms with Crippen LogP contribution in [0.25, 0.3) is 11.6 Å². The maximum atomic E-state index is 13.2. The number of anilines is 1. The van der Waals surface area contributed by atoms with E-state index in [4.69, 9.17) is 4.74 Å². The highest BCUT2D eigenvalue weighted by atomic mass is 32.2. The minimum absolute atomic E-state index is 0.103. The number of hydrogen-bond donors (Lipinski definition) is 0. The molecule has 2 aromatic carbocycles. The van der Waals surface area contributed by atoms with Crippen LogP contribution in [0.2, 0.25) is 0 Å². The number of fused-ring (bicyclic) bond motifs is 1. The van der Waals surface area contributed by atoms with Gasteiger partial charge in [0.2, 0.25) is 0 Å². The molecule has 5 nitrogen and oxygen atoms in total. The van der Waals surface area contributed by atoms with Crippen LogP contribution >= 0.6 is 11.8 Å². The average molecular weight is 453 g/mol. The molecule has 32 heavy (non-hydrogen) atoms. The standard InChI is InChI=1S/C25H25FN2O3S/c1-15-13-25(2,3)27(4)20-12-21(31-5)17(10-19(15)20)11-22-23(29)28(24(30)32-22)14-16-6-8-18(26)9-7-16/h6-13H,14H2,1-5H3/b22-11+. The fraction of sp³-hybridized carbons (Fsp3) is 0.280. The van der Waals surface area contributed by atoms with Crippen molar-refractivity contribution in [3.8, 4) is 5.75 Å². The summed E-state index contributed by atoms with van der Waals surface area (Å²) in [6.07, 6.45) is 3.92. The van der Waals surface area contributed by atoms with Crippen molar-refractivity contribution in [2.24, 2.45) is 0 Å². The van der Waals surface area contributed by atoms with Crippen molar-refractivity contribution >= 4 is 40.2 Å². The third-order valence-electron chi connectivity index (χ3n) is 5.98. The summed E-state index contributed by atoms with van der Waals surface area (Å²) in [4.78, 5) is 29.2. The number of methoxy groups -OCH3 is 1. The highest BCUT2D eigenvalue weighted by molar-refractivity contribution is 8.18. The largest absolute Gasteiger partial charge is 0.496 e. The van der Waals surface area contributed by atoms with Gasteiger partial charge in [0.05, 0.1) is 24.1 Å². The second-order valence-corrected chi connectivity index (χ2v) is 9.54. The van der Waals surface area contributed by atoms with Gasteiger partial charge in [-0.1, -0.05) is 18.2 Å². The van der Waals surface area contributed by atoms with Crippen molar-refractivity contribution in [2.75, 3.05) is 19.1 Å². The number of amides is 2. The van der Waals surface area contributed by atoms with Gasteiger partial charge < -0.3 is 9.64 Å². The number of ether oxygens (including phenoxy) is 1. The molecule has 1 saturated heterocycles. The molecule has 0 spiro atoms. The molecule has 4 rings (SSSR count). The summed E-state index contributed by atoms with van der Waals surface area (Å²) in [6.45, 7) is 6.47. The Bertz CT molecular complexity index is 1170. The summed E-state index contributed by atoms with van der Waals surface area (Å²) in [5, 5.41) is -0.347. The second-order valence-electron chi connectivity index (χ2n) is 8.55. The number of thioether (sulfide) groups is 1. The summed E-state index contributed by atoms with van der Waals surface area (Å²) in [5.41, 5.74) is 4.54. The van der Waals surface area contributed by atoms with Crippen LogP contribution in [-0.4, -0.2) is 35.7 Å². The van der Waals surface area contributed by atoms with Gasteiger partial charge in [-0.05, 0) is 67.9 Å². The Balaban J connectivity index is 1.68. The smallest absolute Gasteiger partial charge is 0.293 e. The van der Waals surface area contributed by atoms with Gasteiger partial charge in [0.25, 0.3) is 11.1 Å². The Hall–Kier alpha value is -3.06. The fourth-order valence-corrected chi connectivity index (χ4v) is 4.86. The lowest BCUT2D eigenvalue weighted by Crippen LogP contribution is -2.42. The first kappa shape index (κ1) is 22.1. The molecule has 0 aliphatic carbocycles. The van der Waals surface area contributed by atoms with Crippen LogP contribution in [0.15, 0.2) is 47.4 Å². The van der Waals surface area contributed by atoms with E-state index in [-0.39, 0.29) is 29.0 Å². The second kappa shape index (κ2) is 8.13. The van der Waals surface area contributed by atoms with Gasteiger partial charge in [0, 0.05) is 29.9 Å². The molecule has 7 heteroatoms. The van der Waals surface area contributed by atoms with Crippen molar-refractivity contribution in [3.63, 3.8) is 0 Å². The Labute approximate surface area is 191 Å². The zero-order valence-electron chi connectivity index (χ0n) is 18.7. The minimum atomic E-state index is -0.366. The molecule has 0 saturated carbocycles. The number of nitrogens with zero attached hydrogens (tertiary/aromatic N) is 2. The monoisotopic (exact) mass is 452 g/mol. The van der Waals surface area contributed by atoms with Crippen molar-refractivity contribution in [2.45, 2.75) is 32.9 Å². The molecule has 1 fully saturated rings. The number of hydrogen-bond acceptors (Lipinski definition) is 5. The van der Waals surface area contributed by atoms with E-state index in [1.54, 1.807) is 25.3 Å². The molecule has 2 aliphatic rings. The minimum Gasteiger partial charge on any atom is -0.496 e. The molecular weight excluding hydrogens is 427 g/mol. The maximum Gasteiger partial charge on any atom is 0.293 e. The zero-order chi connectivity index (χ0) is 23.2. The molecule has 0 N–H and O–H groups in total. The lowest BCUT2D eigenvalue weighted by Gasteiger charge is -2.41. The van der Waals surface area contributed by atoms with E-state index in [9.17, 15) is 14.0 Å². The molecule has 2 aliphatic heterocycles. The topological polar surface area (TPSA) is 49.9 Å². The summed E-state index contributed by atoms with van der Waals surface area (Å²) in [5.74, 6) is -0.0956. The number of allylic oxidation sites excluding steroid dienone is 1. The van der Waals surface area contributed by atoms with Gasteiger partial charge in [0.1, 0.15) is 11.6 Å². The van der Waals surface area contributed by atoms with E-state index < -0.39 is 0 Å². The molecule has 2 aromatic rings. The predicted molar refractivity (Wildman–Crippen MR) is 127 cm³/mol. The summed E-state index contributed by atoms with van der Waals surface area (Å²) in [7, 11) is 3.64. The number of imide groups is 1. The van der Waals surface area contributed by atoms with Gasteiger partial charge in [-0.3, -0.25) is 14.5 Å². The number of likely N-dealkylation sites (N-methyl/N-ethyl adjacent to an activating group) is 1. The van der Waals surface area contributed by atoms with Crippen LogP contribution in [-0.2, 0) is 11.3 Å². The number of halogens is 1. The Morgan fingerprint density at radius 3 is 2.50 bits per heavy atom. The molecule has 0 radical (unpaired) electrons. The van der Waals surface area contributed by atoms with Crippen LogP contribution < -0.4 is 9.64 Å². The highest BCUT2D eigenvalue weighted by Gasteiger charge is 2.35. The third-order valence-corrected chi connectivity index (χ3v) is 6.89. The third kappa shape index (κ3) is 3.93. The van der Waals surface area contributed by atoms with E-state index in [2.05, 4.69) is 31.7 Å². The van der Waals surface area contributed by atoms with Crippen LogP contribution in [0, 0.1) is 5.82 Å². The first-order valence-electron chi connectivity index (χ1n) is 10.3. The van der Waals surface area contributed by atoms with Crippen LogP contribution in [0.5, 0.6) is 5.75 Å². The number of carbonyl (C=O) groups excluding carboxylic acids is 2. The Morgan fingerprint density at radius 2 is 1.84 bits per heavy atom. The molecule has 2 amide bonds. The van der Waals surface area contributed by atoms with E-state index in [1.807, 2.05) is 19.2 Å². The quantitative estimate of drug-likeness (QED) is 0.557. The van der Waals surface area contributed by atoms with Crippen molar-refractivity contribution in [3.05, 3.63) is 69.9 Å². The Kier molecular flexibility index (Phi) is 5.63. The van der Waals surface area contributed by atoms with Crippen molar-refractivity contribution in [1.82, 2.24) is 4.90 Å². The van der Waals surface area contributed by atoms with Crippen molar-refractivity contribution < 1.29 is 18.7 Å². The van der Waals surface area contributed by atoms with Gasteiger partial charge in [-0.2, -0.15) is 0 Å². The molecule has 0 atom stereocenters. The molecular formula is C25H25FN2O3S. The first-order valence-corrected chi connectivity index (χ1v) is 11.1. The summed E-state index contributed by atoms with van der Waals surface area (Å²) >= 11 is 0.901. The maximum absolute atomic E-state index is 13.2. The average Bonchev–Trinajstić information content (AvgIpc) is 3.00. The molecule has 0 bridgehead atoms. The van der Waals surface area contributed by atoms with E-state index in [1.165, 1.54) is 17.0 Å². The van der Waals surface area contributed by atoms with Crippen LogP contribution in [0.3, 0.4) is 0 Å². The first-order chi connectivity index (χ1) is 15.1. The number of rotatable bonds is 4. The summed E-state index contributed by atoms with van der Waals surface area (Å²) in [6, 6.07) is 9.75. The molecule has 2 heterocycles. The predicted octanol–water partition coefficient (Wildman–Crippen LogP) is 5.70. The number of carbonyl (C=O) groups is 2. The highest BCUT2D eigenvalue weighted by Crippen LogP contribution is 2.43. The normalized spacial score (nSPS) is 18.8. The van der Waals surface area contributed by atoms with E-state index in [0.29, 0.717) is 16.2 Å². The van der Waals surface area contributed by atoms with Gasteiger partial charge in [-0.25, -0.2) is 4.39 Å². The van der Waals surface area contributed by atoms with E-state index in [0.717, 1.165) is 34.1 Å². The van der Waals surface area contributed by atoms with Crippen LogP contribution in [0.4, 0.5) is 14.9 Å². The molecule has 166 valence electrons. The van der Waals surface area contributed by atoms with Crippen molar-refractivity contribution in [1.29, 1.82) is 0 Å². The fourth-order valence-electron chi connectivity index (χ4n) is 4.03. The van der Waals surface area contributed by atoms with Gasteiger partial charge in [0.15, 0.2) is 0 Å². The Morgan fingerprint density at radius 1 is 1.16 bits per heavy atom.